The monoisotopic (exact) mass is 935 g/mol. The molecule has 0 saturated heterocycles. The number of esters is 2. The van der Waals surface area contributed by atoms with E-state index in [0.717, 1.165) is 109 Å². The van der Waals surface area contributed by atoms with Crippen LogP contribution in [0, 0.1) is 0 Å². The predicted molar refractivity (Wildman–Crippen MR) is 284 cm³/mol. The molecule has 2 unspecified atom stereocenters. The molecule has 0 aliphatic heterocycles. The predicted octanol–water partition coefficient (Wildman–Crippen LogP) is 15.8. The zero-order chi connectivity index (χ0) is 49.2. The number of carbonyl (C=O) groups is 3. The minimum absolute atomic E-state index is 0.0470. The lowest BCUT2D eigenvalue weighted by Gasteiger charge is -2.31. The van der Waals surface area contributed by atoms with E-state index in [-0.39, 0.29) is 36.2 Å². The van der Waals surface area contributed by atoms with Crippen LogP contribution in [0.25, 0.3) is 0 Å². The highest BCUT2D eigenvalue weighted by atomic mass is 16.6. The highest BCUT2D eigenvalue weighted by Crippen LogP contribution is 2.14. The third-order valence-electron chi connectivity index (χ3n) is 11.5. The van der Waals surface area contributed by atoms with Gasteiger partial charge in [-0.3, -0.25) is 9.59 Å². The number of nitrogens with zero attached hydrogens (tertiary/aromatic N) is 1. The molecule has 1 N–H and O–H groups in total. The van der Waals surface area contributed by atoms with Gasteiger partial charge in [0.1, 0.15) is 6.61 Å². The maximum absolute atomic E-state index is 12.8. The van der Waals surface area contributed by atoms with Gasteiger partial charge in [-0.1, -0.05) is 188 Å². The first-order valence-corrected chi connectivity index (χ1v) is 26.8. The van der Waals surface area contributed by atoms with Crippen LogP contribution in [0.5, 0.6) is 0 Å². The third kappa shape index (κ3) is 47.1. The number of quaternary nitrogens is 1. The summed E-state index contributed by atoms with van der Waals surface area (Å²) in [6, 6.07) is -0.625. The molecule has 0 aromatic rings. The van der Waals surface area contributed by atoms with Crippen LogP contribution in [0.1, 0.15) is 206 Å². The molecule has 8 heteroatoms. The summed E-state index contributed by atoms with van der Waals surface area (Å²) in [6.45, 7) is 4.57. The third-order valence-corrected chi connectivity index (χ3v) is 11.5. The standard InChI is InChI=1S/C59H99NO7/c1-6-8-10-12-14-16-18-20-22-24-26-28-30-32-34-36-38-40-42-44-46-48-50-58(62)67-55(53-65-52-51-56(59(63)64)60(3,4)5)54-66-57(61)49-47-45-43-41-39-37-35-33-31-29-27-25-23-21-19-17-15-13-11-9-7-2/h8,10,14-17,20-23,26-29,33,35,55-56H,6-7,9,11-13,18-19,24-25,30-32,34,36-54H2,1-5H3/p+1/b10-8+,16-14+,17-15+,22-20+,23-21+,28-26+,29-27+,35-33+. The maximum atomic E-state index is 12.8. The average molecular weight is 935 g/mol. The molecule has 0 saturated carbocycles. The molecule has 0 aromatic heterocycles. The first-order chi connectivity index (χ1) is 32.6. The van der Waals surface area contributed by atoms with E-state index in [9.17, 15) is 19.5 Å². The number of carboxylic acids is 1. The smallest absolute Gasteiger partial charge is 0.362 e. The Bertz CT molecular complexity index is 1410. The molecule has 0 heterocycles. The summed E-state index contributed by atoms with van der Waals surface area (Å²) in [5, 5.41) is 9.67. The second-order valence-electron chi connectivity index (χ2n) is 18.7. The molecule has 382 valence electrons. The van der Waals surface area contributed by atoms with Gasteiger partial charge in [0.25, 0.3) is 0 Å². The number of rotatable bonds is 47. The summed E-state index contributed by atoms with van der Waals surface area (Å²) in [6.07, 6.45) is 65.9. The highest BCUT2D eigenvalue weighted by Gasteiger charge is 2.31. The van der Waals surface area contributed by atoms with E-state index in [1.54, 1.807) is 0 Å². The Morgan fingerprint density at radius 3 is 1.24 bits per heavy atom. The van der Waals surface area contributed by atoms with Crippen LogP contribution in [0.2, 0.25) is 0 Å². The first-order valence-electron chi connectivity index (χ1n) is 26.8. The van der Waals surface area contributed by atoms with Gasteiger partial charge in [0, 0.05) is 19.3 Å². The van der Waals surface area contributed by atoms with Crippen molar-refractivity contribution < 1.29 is 38.2 Å². The van der Waals surface area contributed by atoms with E-state index < -0.39 is 18.1 Å². The van der Waals surface area contributed by atoms with Gasteiger partial charge in [-0.05, 0) is 96.3 Å². The molecule has 0 bridgehead atoms. The van der Waals surface area contributed by atoms with Crippen molar-refractivity contribution in [2.45, 2.75) is 219 Å². The molecule has 2 atom stereocenters. The number of aliphatic carboxylic acids is 1. The van der Waals surface area contributed by atoms with E-state index in [4.69, 9.17) is 14.2 Å². The molecule has 0 aliphatic rings. The SMILES string of the molecule is CC/C=C/C/C=C/C/C=C/C/C=C/CCCCCCCCCCCC(=O)OC(COCCC(C(=O)O)[N+](C)(C)C)COC(=O)CCCCCCC/C=C/C/C=C/C/C=C/C/C=C/CCCCC. The minimum Gasteiger partial charge on any atom is -0.477 e. The lowest BCUT2D eigenvalue weighted by Crippen LogP contribution is -2.50. The second kappa shape index (κ2) is 48.7. The quantitative estimate of drug-likeness (QED) is 0.0281. The maximum Gasteiger partial charge on any atom is 0.362 e. The number of allylic oxidation sites excluding steroid dienone is 16. The second-order valence-corrected chi connectivity index (χ2v) is 18.7. The van der Waals surface area contributed by atoms with Gasteiger partial charge in [0.05, 0.1) is 34.4 Å². The molecule has 0 radical (unpaired) electrons. The Kier molecular flexibility index (Phi) is 46.0. The van der Waals surface area contributed by atoms with Crippen LogP contribution < -0.4 is 0 Å². The molecular formula is C59H100NO7+. The molecule has 0 amide bonds. The summed E-state index contributed by atoms with van der Waals surface area (Å²) >= 11 is 0. The van der Waals surface area contributed by atoms with E-state index in [1.165, 1.54) is 64.2 Å². The van der Waals surface area contributed by atoms with Gasteiger partial charge in [-0.2, -0.15) is 0 Å². The topological polar surface area (TPSA) is 99.1 Å². The van der Waals surface area contributed by atoms with E-state index in [2.05, 4.69) is 111 Å². The van der Waals surface area contributed by atoms with Crippen molar-refractivity contribution in [3.63, 3.8) is 0 Å². The van der Waals surface area contributed by atoms with Crippen molar-refractivity contribution >= 4 is 17.9 Å². The van der Waals surface area contributed by atoms with Crippen LogP contribution in [-0.4, -0.2) is 80.6 Å². The van der Waals surface area contributed by atoms with Crippen LogP contribution >= 0.6 is 0 Å². The molecule has 0 aliphatic carbocycles. The van der Waals surface area contributed by atoms with Gasteiger partial charge in [0.15, 0.2) is 12.1 Å². The molecule has 0 rings (SSSR count). The van der Waals surface area contributed by atoms with Crippen molar-refractivity contribution in [1.29, 1.82) is 0 Å². The summed E-state index contributed by atoms with van der Waals surface area (Å²) in [5.74, 6) is -1.50. The zero-order valence-electron chi connectivity index (χ0n) is 43.6. The Hall–Kier alpha value is -3.75. The summed E-state index contributed by atoms with van der Waals surface area (Å²) in [7, 11) is 5.52. The Labute approximate surface area is 411 Å². The Balaban J connectivity index is 4.29. The molecule has 0 aromatic carbocycles. The molecule has 8 nitrogen and oxygen atoms in total. The Morgan fingerprint density at radius 1 is 0.463 bits per heavy atom. The van der Waals surface area contributed by atoms with E-state index in [1.807, 2.05) is 21.1 Å². The molecule has 0 fully saturated rings. The lowest BCUT2D eigenvalue weighted by molar-refractivity contribution is -0.887. The number of hydrogen-bond acceptors (Lipinski definition) is 6. The fourth-order valence-electron chi connectivity index (χ4n) is 7.36. The molecule has 67 heavy (non-hydrogen) atoms. The first kappa shape index (κ1) is 63.2. The minimum atomic E-state index is -0.881. The number of carboxylic acid groups (broad SMARTS) is 1. The van der Waals surface area contributed by atoms with Gasteiger partial charge in [-0.25, -0.2) is 4.79 Å². The number of ether oxygens (including phenoxy) is 3. The van der Waals surface area contributed by atoms with E-state index >= 15 is 0 Å². The summed E-state index contributed by atoms with van der Waals surface area (Å²) < 4.78 is 17.4. The fourth-order valence-corrected chi connectivity index (χ4v) is 7.36. The van der Waals surface area contributed by atoms with Gasteiger partial charge < -0.3 is 23.8 Å². The highest BCUT2D eigenvalue weighted by molar-refractivity contribution is 5.72. The summed E-state index contributed by atoms with van der Waals surface area (Å²) in [5.41, 5.74) is 0. The van der Waals surface area contributed by atoms with Gasteiger partial charge in [0.2, 0.25) is 0 Å². The van der Waals surface area contributed by atoms with Crippen LogP contribution in [0.15, 0.2) is 97.2 Å². The van der Waals surface area contributed by atoms with Crippen molar-refractivity contribution in [3.05, 3.63) is 97.2 Å². The number of unbranched alkanes of at least 4 members (excludes halogenated alkanes) is 17. The largest absolute Gasteiger partial charge is 0.477 e. The van der Waals surface area contributed by atoms with Gasteiger partial charge >= 0.3 is 17.9 Å². The van der Waals surface area contributed by atoms with Crippen molar-refractivity contribution in [1.82, 2.24) is 0 Å². The van der Waals surface area contributed by atoms with Crippen molar-refractivity contribution in [2.24, 2.45) is 0 Å². The fraction of sp³-hybridized carbons (Fsp3) is 0.678. The van der Waals surface area contributed by atoms with Crippen LogP contribution in [0.4, 0.5) is 0 Å². The normalized spacial score (nSPS) is 13.6. The van der Waals surface area contributed by atoms with Gasteiger partial charge in [-0.15, -0.1) is 0 Å². The van der Waals surface area contributed by atoms with Crippen LogP contribution in [0.3, 0.4) is 0 Å². The summed E-state index contributed by atoms with van der Waals surface area (Å²) in [4.78, 5) is 37.2. The lowest BCUT2D eigenvalue weighted by atomic mass is 10.1. The van der Waals surface area contributed by atoms with Crippen molar-refractivity contribution in [3.8, 4) is 0 Å². The van der Waals surface area contributed by atoms with Crippen LogP contribution in [-0.2, 0) is 28.6 Å². The number of likely N-dealkylation sites (N-methyl/N-ethyl adjacent to an activating group) is 1. The number of hydrogen-bond donors (Lipinski definition) is 1. The van der Waals surface area contributed by atoms with Crippen molar-refractivity contribution in [2.75, 3.05) is 41.0 Å². The zero-order valence-corrected chi connectivity index (χ0v) is 43.6. The molecule has 0 spiro atoms. The average Bonchev–Trinajstić information content (AvgIpc) is 3.29. The van der Waals surface area contributed by atoms with E-state index in [0.29, 0.717) is 19.3 Å². The molecular weight excluding hydrogens is 835 g/mol. The Morgan fingerprint density at radius 2 is 0.836 bits per heavy atom. The number of carbonyl (C=O) groups excluding carboxylic acids is 2.